The van der Waals surface area contributed by atoms with Crippen molar-refractivity contribution in [1.82, 2.24) is 0 Å². The normalized spacial score (nSPS) is 34.6. The van der Waals surface area contributed by atoms with Crippen molar-refractivity contribution < 1.29 is 18.7 Å². The van der Waals surface area contributed by atoms with Gasteiger partial charge in [-0.2, -0.15) is 0 Å². The first-order valence-corrected chi connectivity index (χ1v) is 3.76. The van der Waals surface area contributed by atoms with Gasteiger partial charge in [-0.3, -0.25) is 4.79 Å². The zero-order valence-corrected chi connectivity index (χ0v) is 6.52. The van der Waals surface area contributed by atoms with E-state index in [1.165, 1.54) is 0 Å². The summed E-state index contributed by atoms with van der Waals surface area (Å²) in [4.78, 5) is 10.5. The summed E-state index contributed by atoms with van der Waals surface area (Å²) in [5, 5.41) is 8.57. The molecule has 0 heterocycles. The molecular weight excluding hydrogens is 168 g/mol. The van der Waals surface area contributed by atoms with Crippen molar-refractivity contribution in [3.8, 4) is 0 Å². The van der Waals surface area contributed by atoms with Gasteiger partial charge in [0.2, 0.25) is 0 Å². The van der Waals surface area contributed by atoms with Crippen LogP contribution >= 0.6 is 0 Å². The number of carboxylic acid groups (broad SMARTS) is 1. The molecule has 1 saturated carbocycles. The molecule has 0 aromatic carbocycles. The van der Waals surface area contributed by atoms with Gasteiger partial charge < -0.3 is 10.8 Å². The maximum absolute atomic E-state index is 12.7. The van der Waals surface area contributed by atoms with Crippen molar-refractivity contribution in [3.05, 3.63) is 0 Å². The summed E-state index contributed by atoms with van der Waals surface area (Å²) in [5.74, 6) is -4.24. The van der Waals surface area contributed by atoms with Gasteiger partial charge in [0.15, 0.2) is 0 Å². The Morgan fingerprint density at radius 1 is 1.42 bits per heavy atom. The van der Waals surface area contributed by atoms with E-state index in [0.29, 0.717) is 0 Å². The lowest BCUT2D eigenvalue weighted by Crippen LogP contribution is -2.54. The highest BCUT2D eigenvalue weighted by atomic mass is 19.3. The molecular formula is C7H11F2NO2. The molecule has 0 aromatic rings. The van der Waals surface area contributed by atoms with E-state index in [1.807, 2.05) is 0 Å². The van der Waals surface area contributed by atoms with Crippen LogP contribution in [0.3, 0.4) is 0 Å². The van der Waals surface area contributed by atoms with Crippen LogP contribution in [-0.4, -0.2) is 22.5 Å². The van der Waals surface area contributed by atoms with Gasteiger partial charge >= 0.3 is 5.97 Å². The summed E-state index contributed by atoms with van der Waals surface area (Å²) < 4.78 is 25.4. The van der Waals surface area contributed by atoms with Gasteiger partial charge in [0.05, 0.1) is 0 Å². The Labute approximate surface area is 68.5 Å². The van der Waals surface area contributed by atoms with Gasteiger partial charge in [0.25, 0.3) is 5.92 Å². The number of halogens is 2. The number of carboxylic acids is 1. The Bertz CT molecular complexity index is 208. The SMILES string of the molecule is NC1(C(=O)O)CCCC(F)(F)C1. The van der Waals surface area contributed by atoms with E-state index in [2.05, 4.69) is 0 Å². The van der Waals surface area contributed by atoms with Crippen LogP contribution in [0.1, 0.15) is 25.7 Å². The highest BCUT2D eigenvalue weighted by molar-refractivity contribution is 5.78. The Balaban J connectivity index is 2.74. The Hall–Kier alpha value is -0.710. The van der Waals surface area contributed by atoms with Crippen LogP contribution in [0.15, 0.2) is 0 Å². The van der Waals surface area contributed by atoms with E-state index in [4.69, 9.17) is 10.8 Å². The van der Waals surface area contributed by atoms with Gasteiger partial charge in [0.1, 0.15) is 5.54 Å². The van der Waals surface area contributed by atoms with E-state index >= 15 is 0 Å². The topological polar surface area (TPSA) is 63.3 Å². The smallest absolute Gasteiger partial charge is 0.323 e. The molecule has 0 aromatic heterocycles. The number of hydrogen-bond acceptors (Lipinski definition) is 2. The van der Waals surface area contributed by atoms with Crippen molar-refractivity contribution in [2.75, 3.05) is 0 Å². The third-order valence-electron chi connectivity index (χ3n) is 2.17. The quantitative estimate of drug-likeness (QED) is 0.630. The average Bonchev–Trinajstić information content (AvgIpc) is 1.83. The highest BCUT2D eigenvalue weighted by Crippen LogP contribution is 2.37. The largest absolute Gasteiger partial charge is 0.480 e. The fourth-order valence-electron chi connectivity index (χ4n) is 1.48. The second kappa shape index (κ2) is 2.65. The summed E-state index contributed by atoms with van der Waals surface area (Å²) in [5.41, 5.74) is 3.58. The number of aliphatic carboxylic acids is 1. The molecule has 70 valence electrons. The van der Waals surface area contributed by atoms with Gasteiger partial charge in [-0.05, 0) is 12.8 Å². The van der Waals surface area contributed by atoms with Crippen molar-refractivity contribution in [3.63, 3.8) is 0 Å². The Morgan fingerprint density at radius 3 is 2.33 bits per heavy atom. The summed E-state index contributed by atoms with van der Waals surface area (Å²) in [6.07, 6.45) is -0.678. The molecule has 1 aliphatic carbocycles. The number of alkyl halides is 2. The number of nitrogens with two attached hydrogens (primary N) is 1. The second-order valence-electron chi connectivity index (χ2n) is 3.35. The van der Waals surface area contributed by atoms with Crippen molar-refractivity contribution >= 4 is 5.97 Å². The Morgan fingerprint density at radius 2 is 2.00 bits per heavy atom. The van der Waals surface area contributed by atoms with E-state index in [1.54, 1.807) is 0 Å². The number of carbonyl (C=O) groups is 1. The Kier molecular flexibility index (Phi) is 2.07. The summed E-state index contributed by atoms with van der Waals surface area (Å²) >= 11 is 0. The highest BCUT2D eigenvalue weighted by Gasteiger charge is 2.47. The lowest BCUT2D eigenvalue weighted by Gasteiger charge is -2.34. The summed E-state index contributed by atoms with van der Waals surface area (Å²) in [6.45, 7) is 0. The van der Waals surface area contributed by atoms with Crippen LogP contribution in [0.25, 0.3) is 0 Å². The molecule has 1 rings (SSSR count). The van der Waals surface area contributed by atoms with E-state index in [9.17, 15) is 13.6 Å². The van der Waals surface area contributed by atoms with E-state index in [0.717, 1.165) is 0 Å². The molecule has 0 aliphatic heterocycles. The molecule has 0 spiro atoms. The third-order valence-corrected chi connectivity index (χ3v) is 2.17. The fraction of sp³-hybridized carbons (Fsp3) is 0.857. The maximum atomic E-state index is 12.7. The first kappa shape index (κ1) is 9.38. The standard InChI is InChI=1S/C7H11F2NO2/c8-7(9)3-1-2-6(10,4-7)5(11)12/h1-4,10H2,(H,11,12). The van der Waals surface area contributed by atoms with Crippen molar-refractivity contribution in [1.29, 1.82) is 0 Å². The van der Waals surface area contributed by atoms with Gasteiger partial charge in [-0.15, -0.1) is 0 Å². The molecule has 3 N–H and O–H groups in total. The van der Waals surface area contributed by atoms with Gasteiger partial charge in [-0.25, -0.2) is 8.78 Å². The van der Waals surface area contributed by atoms with Crippen molar-refractivity contribution in [2.24, 2.45) is 5.73 Å². The molecule has 3 nitrogen and oxygen atoms in total. The first-order valence-electron chi connectivity index (χ1n) is 3.76. The minimum absolute atomic E-state index is 0.137. The van der Waals surface area contributed by atoms with Gasteiger partial charge in [0, 0.05) is 12.8 Å². The molecule has 1 unspecified atom stereocenters. The minimum atomic E-state index is -2.91. The minimum Gasteiger partial charge on any atom is -0.480 e. The molecule has 1 aliphatic rings. The van der Waals surface area contributed by atoms with Crippen LogP contribution in [-0.2, 0) is 4.79 Å². The first-order chi connectivity index (χ1) is 5.36. The lowest BCUT2D eigenvalue weighted by molar-refractivity contribution is -0.151. The average molecular weight is 179 g/mol. The maximum Gasteiger partial charge on any atom is 0.323 e. The molecule has 5 heteroatoms. The fourth-order valence-corrected chi connectivity index (χ4v) is 1.48. The van der Waals surface area contributed by atoms with Crippen LogP contribution in [0.5, 0.6) is 0 Å². The van der Waals surface area contributed by atoms with Crippen molar-refractivity contribution in [2.45, 2.75) is 37.1 Å². The zero-order valence-electron chi connectivity index (χ0n) is 6.52. The van der Waals surface area contributed by atoms with E-state index in [-0.39, 0.29) is 19.3 Å². The van der Waals surface area contributed by atoms with Crippen LogP contribution in [0, 0.1) is 0 Å². The predicted molar refractivity (Wildman–Crippen MR) is 38.0 cm³/mol. The predicted octanol–water partition coefficient (Wildman–Crippen LogP) is 0.978. The van der Waals surface area contributed by atoms with Gasteiger partial charge in [-0.1, -0.05) is 0 Å². The molecule has 0 saturated heterocycles. The monoisotopic (exact) mass is 179 g/mol. The number of rotatable bonds is 1. The van der Waals surface area contributed by atoms with Crippen LogP contribution in [0.4, 0.5) is 8.78 Å². The molecule has 0 amide bonds. The molecule has 0 radical (unpaired) electrons. The second-order valence-corrected chi connectivity index (χ2v) is 3.35. The third kappa shape index (κ3) is 1.72. The zero-order chi connectivity index (χ0) is 9.41. The summed E-state index contributed by atoms with van der Waals surface area (Å²) in [6, 6.07) is 0. The van der Waals surface area contributed by atoms with E-state index < -0.39 is 23.9 Å². The van der Waals surface area contributed by atoms with Crippen LogP contribution in [0.2, 0.25) is 0 Å². The number of hydrogen-bond donors (Lipinski definition) is 2. The van der Waals surface area contributed by atoms with Crippen LogP contribution < -0.4 is 5.73 Å². The molecule has 1 fully saturated rings. The molecule has 0 bridgehead atoms. The molecule has 1 atom stereocenters. The summed E-state index contributed by atoms with van der Waals surface area (Å²) in [7, 11) is 0. The lowest BCUT2D eigenvalue weighted by atomic mass is 9.80. The molecule has 12 heavy (non-hydrogen) atoms.